The van der Waals surface area contributed by atoms with E-state index in [1.54, 1.807) is 24.5 Å². The van der Waals surface area contributed by atoms with Gasteiger partial charge in [-0.15, -0.1) is 0 Å². The van der Waals surface area contributed by atoms with Crippen LogP contribution in [0.1, 0.15) is 18.4 Å². The maximum Gasteiger partial charge on any atom is 0.261 e. The highest BCUT2D eigenvalue weighted by molar-refractivity contribution is 5.37. The highest BCUT2D eigenvalue weighted by atomic mass is 16.3. The molecule has 0 aliphatic carbocycles. The predicted molar refractivity (Wildman–Crippen MR) is 72.2 cm³/mol. The van der Waals surface area contributed by atoms with E-state index in [2.05, 4.69) is 10.3 Å². The maximum atomic E-state index is 12.3. The first-order valence-corrected chi connectivity index (χ1v) is 6.56. The Morgan fingerprint density at radius 3 is 2.95 bits per heavy atom. The monoisotopic (exact) mass is 259 g/mol. The molecule has 5 nitrogen and oxygen atoms in total. The molecule has 0 radical (unpaired) electrons. The molecule has 0 spiro atoms. The van der Waals surface area contributed by atoms with Crippen LogP contribution in [0.15, 0.2) is 35.4 Å². The molecule has 1 saturated heterocycles. The van der Waals surface area contributed by atoms with Crippen LogP contribution >= 0.6 is 0 Å². The van der Waals surface area contributed by atoms with Crippen LogP contribution in [-0.4, -0.2) is 33.2 Å². The number of hydrogen-bond acceptors (Lipinski definition) is 4. The zero-order valence-corrected chi connectivity index (χ0v) is 10.7. The van der Waals surface area contributed by atoms with E-state index in [0.29, 0.717) is 30.5 Å². The van der Waals surface area contributed by atoms with Crippen molar-refractivity contribution in [2.45, 2.75) is 24.9 Å². The molecule has 0 saturated carbocycles. The Hall–Kier alpha value is -1.72. The van der Waals surface area contributed by atoms with Gasteiger partial charge in [0.15, 0.2) is 0 Å². The lowest BCUT2D eigenvalue weighted by Gasteiger charge is -2.32. The van der Waals surface area contributed by atoms with Gasteiger partial charge < -0.3 is 10.4 Å². The minimum Gasteiger partial charge on any atom is -0.389 e. The van der Waals surface area contributed by atoms with Crippen molar-refractivity contribution >= 4 is 5.65 Å². The van der Waals surface area contributed by atoms with E-state index in [1.165, 1.54) is 4.40 Å². The van der Waals surface area contributed by atoms with Crippen molar-refractivity contribution in [3.05, 3.63) is 46.5 Å². The van der Waals surface area contributed by atoms with Crippen LogP contribution in [-0.2, 0) is 6.42 Å². The number of piperidine rings is 1. The topological polar surface area (TPSA) is 66.6 Å². The summed E-state index contributed by atoms with van der Waals surface area (Å²) in [6.07, 6.45) is 5.02. The molecule has 1 aliphatic rings. The highest BCUT2D eigenvalue weighted by Crippen LogP contribution is 2.21. The number of aromatic nitrogens is 2. The van der Waals surface area contributed by atoms with Crippen molar-refractivity contribution in [2.24, 2.45) is 0 Å². The summed E-state index contributed by atoms with van der Waals surface area (Å²) in [6, 6.07) is 5.45. The fourth-order valence-corrected chi connectivity index (χ4v) is 2.61. The summed E-state index contributed by atoms with van der Waals surface area (Å²) >= 11 is 0. The summed E-state index contributed by atoms with van der Waals surface area (Å²) in [5.74, 6) is 0. The van der Waals surface area contributed by atoms with Gasteiger partial charge in [-0.25, -0.2) is 4.98 Å². The molecule has 1 aliphatic heterocycles. The Kier molecular flexibility index (Phi) is 3.08. The van der Waals surface area contributed by atoms with Crippen LogP contribution in [0.25, 0.3) is 5.65 Å². The van der Waals surface area contributed by atoms with Crippen LogP contribution in [0.3, 0.4) is 0 Å². The first-order chi connectivity index (χ1) is 9.18. The second-order valence-corrected chi connectivity index (χ2v) is 5.17. The molecule has 2 aromatic heterocycles. The number of rotatable bonds is 2. The third-order valence-corrected chi connectivity index (χ3v) is 3.74. The van der Waals surface area contributed by atoms with Crippen LogP contribution in [0.4, 0.5) is 0 Å². The normalized spacial score (nSPS) is 18.6. The van der Waals surface area contributed by atoms with Gasteiger partial charge in [0.05, 0.1) is 5.60 Å². The van der Waals surface area contributed by atoms with Crippen molar-refractivity contribution in [2.75, 3.05) is 13.1 Å². The van der Waals surface area contributed by atoms with E-state index in [-0.39, 0.29) is 5.56 Å². The Bertz CT molecular complexity index is 644. The molecule has 0 bridgehead atoms. The lowest BCUT2D eigenvalue weighted by atomic mass is 9.87. The number of fused-ring (bicyclic) bond motifs is 1. The van der Waals surface area contributed by atoms with Gasteiger partial charge in [-0.1, -0.05) is 6.07 Å². The average molecular weight is 259 g/mol. The third-order valence-electron chi connectivity index (χ3n) is 3.74. The number of nitrogens with one attached hydrogen (secondary N) is 1. The second kappa shape index (κ2) is 4.75. The van der Waals surface area contributed by atoms with E-state index in [4.69, 9.17) is 0 Å². The van der Waals surface area contributed by atoms with Gasteiger partial charge in [0, 0.05) is 24.4 Å². The molecule has 0 unspecified atom stereocenters. The Balaban J connectivity index is 1.97. The maximum absolute atomic E-state index is 12.3. The van der Waals surface area contributed by atoms with E-state index >= 15 is 0 Å². The van der Waals surface area contributed by atoms with Gasteiger partial charge in [-0.05, 0) is 38.1 Å². The van der Waals surface area contributed by atoms with Gasteiger partial charge in [-0.3, -0.25) is 9.20 Å². The molecule has 19 heavy (non-hydrogen) atoms. The zero-order chi connectivity index (χ0) is 13.3. The quantitative estimate of drug-likeness (QED) is 0.817. The lowest BCUT2D eigenvalue weighted by molar-refractivity contribution is 0.0105. The number of hydrogen-bond donors (Lipinski definition) is 2. The largest absolute Gasteiger partial charge is 0.389 e. The molecular formula is C14H17N3O2. The summed E-state index contributed by atoms with van der Waals surface area (Å²) in [7, 11) is 0. The SMILES string of the molecule is O=c1c(CC2(O)CCNCC2)cnc2ccccn12. The first kappa shape index (κ1) is 12.3. The molecule has 3 heterocycles. The zero-order valence-electron chi connectivity index (χ0n) is 10.7. The standard InChI is InChI=1S/C14H17N3O2/c18-13-11(9-14(19)4-6-15-7-5-14)10-16-12-3-1-2-8-17(12)13/h1-3,8,10,15,19H,4-7,9H2. The average Bonchev–Trinajstić information content (AvgIpc) is 2.43. The van der Waals surface area contributed by atoms with Crippen molar-refractivity contribution in [1.29, 1.82) is 0 Å². The van der Waals surface area contributed by atoms with Crippen LogP contribution in [0.5, 0.6) is 0 Å². The summed E-state index contributed by atoms with van der Waals surface area (Å²) in [5, 5.41) is 13.7. The van der Waals surface area contributed by atoms with Crippen molar-refractivity contribution < 1.29 is 5.11 Å². The molecule has 0 amide bonds. The van der Waals surface area contributed by atoms with E-state index in [0.717, 1.165) is 13.1 Å². The molecule has 0 aromatic carbocycles. The summed E-state index contributed by atoms with van der Waals surface area (Å²) in [6.45, 7) is 1.58. The minimum absolute atomic E-state index is 0.0856. The molecule has 1 fully saturated rings. The Morgan fingerprint density at radius 2 is 2.16 bits per heavy atom. The highest BCUT2D eigenvalue weighted by Gasteiger charge is 2.30. The van der Waals surface area contributed by atoms with Gasteiger partial charge in [0.2, 0.25) is 0 Å². The molecule has 3 rings (SSSR count). The van der Waals surface area contributed by atoms with E-state index < -0.39 is 5.60 Å². The van der Waals surface area contributed by atoms with Crippen LogP contribution < -0.4 is 10.9 Å². The molecule has 2 N–H and O–H groups in total. The Morgan fingerprint density at radius 1 is 1.37 bits per heavy atom. The van der Waals surface area contributed by atoms with Crippen molar-refractivity contribution in [3.63, 3.8) is 0 Å². The molecular weight excluding hydrogens is 242 g/mol. The molecule has 5 heteroatoms. The molecule has 2 aromatic rings. The van der Waals surface area contributed by atoms with Gasteiger partial charge in [0.1, 0.15) is 5.65 Å². The first-order valence-electron chi connectivity index (χ1n) is 6.56. The van der Waals surface area contributed by atoms with Crippen molar-refractivity contribution in [1.82, 2.24) is 14.7 Å². The molecule has 0 atom stereocenters. The summed E-state index contributed by atoms with van der Waals surface area (Å²) < 4.78 is 1.53. The van der Waals surface area contributed by atoms with Gasteiger partial charge in [0.25, 0.3) is 5.56 Å². The fourth-order valence-electron chi connectivity index (χ4n) is 2.61. The fraction of sp³-hybridized carbons (Fsp3) is 0.429. The van der Waals surface area contributed by atoms with Gasteiger partial charge >= 0.3 is 0 Å². The third kappa shape index (κ3) is 2.39. The van der Waals surface area contributed by atoms with Gasteiger partial charge in [-0.2, -0.15) is 0 Å². The molecule has 100 valence electrons. The van der Waals surface area contributed by atoms with Crippen molar-refractivity contribution in [3.8, 4) is 0 Å². The van der Waals surface area contributed by atoms with Crippen LogP contribution in [0.2, 0.25) is 0 Å². The number of nitrogens with zero attached hydrogens (tertiary/aromatic N) is 2. The summed E-state index contributed by atoms with van der Waals surface area (Å²) in [4.78, 5) is 16.6. The van der Waals surface area contributed by atoms with E-state index in [9.17, 15) is 9.90 Å². The van der Waals surface area contributed by atoms with E-state index in [1.807, 2.05) is 6.07 Å². The Labute approximate surface area is 110 Å². The lowest BCUT2D eigenvalue weighted by Crippen LogP contribution is -2.44. The van der Waals surface area contributed by atoms with Crippen LogP contribution in [0, 0.1) is 0 Å². The predicted octanol–water partition coefficient (Wildman–Crippen LogP) is 0.351. The minimum atomic E-state index is -0.783. The smallest absolute Gasteiger partial charge is 0.261 e. The number of pyridine rings is 1. The number of aliphatic hydroxyl groups is 1. The summed E-state index contributed by atoms with van der Waals surface area (Å²) in [5.41, 5.74) is 0.342. The second-order valence-electron chi connectivity index (χ2n) is 5.17.